The fraction of sp³-hybridized carbons (Fsp3) is 0.737. The van der Waals surface area contributed by atoms with Crippen LogP contribution in [0, 0.1) is 11.8 Å². The van der Waals surface area contributed by atoms with E-state index in [9.17, 15) is 29.1 Å². The minimum Gasteiger partial charge on any atom is -0.481 e. The largest absolute Gasteiger partial charge is 0.481 e. The summed E-state index contributed by atoms with van der Waals surface area (Å²) in [5.41, 5.74) is 5.65. The van der Waals surface area contributed by atoms with Gasteiger partial charge in [0.1, 0.15) is 18.1 Å². The van der Waals surface area contributed by atoms with E-state index in [1.807, 2.05) is 0 Å². The third kappa shape index (κ3) is 6.68. The van der Waals surface area contributed by atoms with Crippen molar-refractivity contribution in [1.82, 2.24) is 15.5 Å². The van der Waals surface area contributed by atoms with Gasteiger partial charge in [-0.3, -0.25) is 19.2 Å². The zero-order valence-corrected chi connectivity index (χ0v) is 17.8. The molecule has 0 aromatic heterocycles. The van der Waals surface area contributed by atoms with Crippen LogP contribution in [0.5, 0.6) is 0 Å². The maximum Gasteiger partial charge on any atom is 0.326 e. The molecule has 1 heterocycles. The van der Waals surface area contributed by atoms with Crippen LogP contribution in [0.15, 0.2) is 0 Å². The van der Waals surface area contributed by atoms with Crippen LogP contribution in [0.25, 0.3) is 0 Å². The predicted octanol–water partition coefficient (Wildman–Crippen LogP) is -0.854. The highest BCUT2D eigenvalue weighted by Gasteiger charge is 2.39. The van der Waals surface area contributed by atoms with E-state index in [1.165, 1.54) is 4.90 Å². The molecule has 170 valence electrons. The number of nitrogens with zero attached hydrogens (tertiary/aromatic N) is 1. The number of hydrogen-bond acceptors (Lipinski definition) is 6. The Balaban J connectivity index is 2.89. The zero-order valence-electron chi connectivity index (χ0n) is 17.8. The number of nitrogens with one attached hydrogen (secondary N) is 2. The van der Waals surface area contributed by atoms with Crippen LogP contribution >= 0.6 is 0 Å². The van der Waals surface area contributed by atoms with E-state index in [0.29, 0.717) is 12.8 Å². The first-order chi connectivity index (χ1) is 13.9. The molecular weight excluding hydrogens is 396 g/mol. The normalized spacial score (nSPS) is 19.3. The standard InChI is InChI=1S/C19H32N4O7/c1-9(2)14(17(27)22-15(10(3)4)19(29)30)21-16(26)12-6-5-7-23(12)18(28)11(20)8-13(24)25/h9-12,14-15H,5-8,20H2,1-4H3,(H,21,26)(H,22,27)(H,24,25)(H,29,30). The summed E-state index contributed by atoms with van der Waals surface area (Å²) < 4.78 is 0. The fourth-order valence-electron chi connectivity index (χ4n) is 3.33. The van der Waals surface area contributed by atoms with Crippen LogP contribution in [0.2, 0.25) is 0 Å². The molecule has 0 spiro atoms. The van der Waals surface area contributed by atoms with Crippen molar-refractivity contribution >= 4 is 29.7 Å². The first kappa shape index (κ1) is 25.3. The predicted molar refractivity (Wildman–Crippen MR) is 106 cm³/mol. The highest BCUT2D eigenvalue weighted by Crippen LogP contribution is 2.19. The number of amides is 3. The molecule has 0 bridgehead atoms. The van der Waals surface area contributed by atoms with Gasteiger partial charge in [-0.2, -0.15) is 0 Å². The van der Waals surface area contributed by atoms with Crippen molar-refractivity contribution < 1.29 is 34.2 Å². The Kier molecular flexibility index (Phi) is 9.22. The lowest BCUT2D eigenvalue weighted by Gasteiger charge is -2.30. The second-order valence-electron chi connectivity index (χ2n) is 8.19. The van der Waals surface area contributed by atoms with Gasteiger partial charge >= 0.3 is 11.9 Å². The molecule has 11 heteroatoms. The van der Waals surface area contributed by atoms with E-state index in [0.717, 1.165) is 0 Å². The molecule has 1 rings (SSSR count). The summed E-state index contributed by atoms with van der Waals surface area (Å²) in [7, 11) is 0. The summed E-state index contributed by atoms with van der Waals surface area (Å²) >= 11 is 0. The molecule has 0 radical (unpaired) electrons. The smallest absolute Gasteiger partial charge is 0.326 e. The van der Waals surface area contributed by atoms with Crippen LogP contribution < -0.4 is 16.4 Å². The van der Waals surface area contributed by atoms with Gasteiger partial charge in [-0.05, 0) is 24.7 Å². The lowest BCUT2D eigenvalue weighted by molar-refractivity contribution is -0.145. The number of carbonyl (C=O) groups excluding carboxylic acids is 3. The highest BCUT2D eigenvalue weighted by molar-refractivity contribution is 5.95. The van der Waals surface area contributed by atoms with Crippen molar-refractivity contribution in [3.8, 4) is 0 Å². The molecule has 0 saturated carbocycles. The van der Waals surface area contributed by atoms with Crippen LogP contribution in [-0.4, -0.2) is 75.5 Å². The summed E-state index contributed by atoms with van der Waals surface area (Å²) in [6, 6.07) is -4.23. The molecule has 1 aliphatic heterocycles. The summed E-state index contributed by atoms with van der Waals surface area (Å²) in [5.74, 6) is -4.90. The van der Waals surface area contributed by atoms with Gasteiger partial charge in [0.15, 0.2) is 0 Å². The average Bonchev–Trinajstić information content (AvgIpc) is 3.11. The van der Waals surface area contributed by atoms with Gasteiger partial charge in [0.2, 0.25) is 17.7 Å². The molecule has 30 heavy (non-hydrogen) atoms. The van der Waals surface area contributed by atoms with Gasteiger partial charge in [0, 0.05) is 6.54 Å². The van der Waals surface area contributed by atoms with Crippen molar-refractivity contribution in [1.29, 1.82) is 0 Å². The lowest BCUT2D eigenvalue weighted by atomic mass is 9.99. The molecule has 0 aromatic rings. The molecule has 0 aliphatic carbocycles. The van der Waals surface area contributed by atoms with Crippen molar-refractivity contribution in [2.24, 2.45) is 17.6 Å². The Bertz CT molecular complexity index is 680. The second-order valence-corrected chi connectivity index (χ2v) is 8.19. The molecule has 1 aliphatic rings. The summed E-state index contributed by atoms with van der Waals surface area (Å²) in [5, 5.41) is 23.2. The highest BCUT2D eigenvalue weighted by atomic mass is 16.4. The molecule has 0 aromatic carbocycles. The van der Waals surface area contributed by atoms with E-state index in [4.69, 9.17) is 10.8 Å². The first-order valence-corrected chi connectivity index (χ1v) is 9.98. The Morgan fingerprint density at radius 1 is 1.00 bits per heavy atom. The van der Waals surface area contributed by atoms with E-state index in [1.54, 1.807) is 27.7 Å². The second kappa shape index (κ2) is 10.9. The molecule has 3 amide bonds. The van der Waals surface area contributed by atoms with Crippen LogP contribution in [-0.2, 0) is 24.0 Å². The average molecular weight is 428 g/mol. The molecular formula is C19H32N4O7. The van der Waals surface area contributed by atoms with E-state index in [-0.39, 0.29) is 18.4 Å². The van der Waals surface area contributed by atoms with Gasteiger partial charge in [0.05, 0.1) is 12.5 Å². The van der Waals surface area contributed by atoms with Gasteiger partial charge < -0.3 is 31.5 Å². The van der Waals surface area contributed by atoms with Crippen molar-refractivity contribution in [2.75, 3.05) is 6.54 Å². The number of aliphatic carboxylic acids is 2. The van der Waals surface area contributed by atoms with E-state index < -0.39 is 60.2 Å². The third-order valence-corrected chi connectivity index (χ3v) is 5.03. The Labute approximate surface area is 175 Å². The molecule has 1 saturated heterocycles. The zero-order chi connectivity index (χ0) is 23.2. The molecule has 1 fully saturated rings. The van der Waals surface area contributed by atoms with Crippen LogP contribution in [0.4, 0.5) is 0 Å². The number of nitrogens with two attached hydrogens (primary N) is 1. The maximum atomic E-state index is 12.8. The molecule has 4 atom stereocenters. The number of likely N-dealkylation sites (tertiary alicyclic amines) is 1. The van der Waals surface area contributed by atoms with Crippen molar-refractivity contribution in [3.05, 3.63) is 0 Å². The van der Waals surface area contributed by atoms with Gasteiger partial charge in [-0.25, -0.2) is 4.79 Å². The van der Waals surface area contributed by atoms with Gasteiger partial charge in [-0.1, -0.05) is 27.7 Å². The van der Waals surface area contributed by atoms with Crippen molar-refractivity contribution in [2.45, 2.75) is 71.1 Å². The summed E-state index contributed by atoms with van der Waals surface area (Å²) in [6.45, 7) is 6.98. The quantitative estimate of drug-likeness (QED) is 0.298. The minimum atomic E-state index is -1.26. The first-order valence-electron chi connectivity index (χ1n) is 9.98. The lowest BCUT2D eigenvalue weighted by Crippen LogP contribution is -2.58. The van der Waals surface area contributed by atoms with Crippen molar-refractivity contribution in [3.63, 3.8) is 0 Å². The molecule has 4 unspecified atom stereocenters. The van der Waals surface area contributed by atoms with Gasteiger partial charge in [-0.15, -0.1) is 0 Å². The molecule has 6 N–H and O–H groups in total. The Morgan fingerprint density at radius 3 is 2.03 bits per heavy atom. The number of carbonyl (C=O) groups is 5. The number of hydrogen-bond donors (Lipinski definition) is 5. The maximum absolute atomic E-state index is 12.8. The van der Waals surface area contributed by atoms with Crippen LogP contribution in [0.3, 0.4) is 0 Å². The van der Waals surface area contributed by atoms with E-state index >= 15 is 0 Å². The summed E-state index contributed by atoms with van der Waals surface area (Å²) in [6.07, 6.45) is 0.344. The minimum absolute atomic E-state index is 0.261. The van der Waals surface area contributed by atoms with Crippen LogP contribution in [0.1, 0.15) is 47.0 Å². The van der Waals surface area contributed by atoms with Gasteiger partial charge in [0.25, 0.3) is 0 Å². The third-order valence-electron chi connectivity index (χ3n) is 5.03. The summed E-state index contributed by atoms with van der Waals surface area (Å²) in [4.78, 5) is 61.3. The Morgan fingerprint density at radius 2 is 1.57 bits per heavy atom. The van der Waals surface area contributed by atoms with E-state index in [2.05, 4.69) is 10.6 Å². The fourth-order valence-corrected chi connectivity index (χ4v) is 3.33. The number of carboxylic acids is 2. The topological polar surface area (TPSA) is 179 Å². The molecule has 11 nitrogen and oxygen atoms in total. The Hall–Kier alpha value is -2.69. The monoisotopic (exact) mass is 428 g/mol. The number of rotatable bonds is 10. The number of carboxylic acid groups (broad SMARTS) is 2. The SMILES string of the molecule is CC(C)C(NC(=O)C(NC(=O)C1CCCN1C(=O)C(N)CC(=O)O)C(C)C)C(=O)O.